The van der Waals surface area contributed by atoms with Gasteiger partial charge in [-0.3, -0.25) is 4.79 Å². The molecule has 16 heavy (non-hydrogen) atoms. The second-order valence-electron chi connectivity index (χ2n) is 4.18. The molecule has 0 heterocycles. The van der Waals surface area contributed by atoms with Gasteiger partial charge in [0.25, 0.3) is 0 Å². The van der Waals surface area contributed by atoms with Crippen LogP contribution in [0.1, 0.15) is 35.7 Å². The number of ketones is 1. The van der Waals surface area contributed by atoms with Gasteiger partial charge in [-0.1, -0.05) is 18.6 Å². The maximum Gasteiger partial charge on any atom is 0.168 e. The van der Waals surface area contributed by atoms with Crippen LogP contribution >= 0.6 is 0 Å². The number of hydrogen-bond donors (Lipinski definition) is 1. The summed E-state index contributed by atoms with van der Waals surface area (Å²) in [5.41, 5.74) is 6.48. The van der Waals surface area contributed by atoms with E-state index in [1.807, 2.05) is 13.8 Å². The van der Waals surface area contributed by atoms with Crippen molar-refractivity contribution in [2.24, 2.45) is 11.7 Å². The molecule has 1 aromatic rings. The Kier molecular flexibility index (Phi) is 4.62. The summed E-state index contributed by atoms with van der Waals surface area (Å²) in [4.78, 5) is 11.9. The van der Waals surface area contributed by atoms with Gasteiger partial charge >= 0.3 is 0 Å². The van der Waals surface area contributed by atoms with E-state index in [1.165, 1.54) is 6.07 Å². The first-order valence-corrected chi connectivity index (χ1v) is 5.56. The summed E-state index contributed by atoms with van der Waals surface area (Å²) in [7, 11) is 0. The first kappa shape index (κ1) is 12.8. The van der Waals surface area contributed by atoms with Gasteiger partial charge < -0.3 is 5.73 Å². The zero-order chi connectivity index (χ0) is 12.1. The molecular formula is C13H18FNO. The Hall–Kier alpha value is -1.22. The van der Waals surface area contributed by atoms with E-state index in [-0.39, 0.29) is 17.3 Å². The quantitative estimate of drug-likeness (QED) is 0.780. The molecule has 0 saturated carbocycles. The van der Waals surface area contributed by atoms with Crippen molar-refractivity contribution in [1.82, 2.24) is 0 Å². The van der Waals surface area contributed by atoms with Crippen molar-refractivity contribution in [1.29, 1.82) is 0 Å². The third-order valence-corrected chi connectivity index (χ3v) is 2.68. The van der Waals surface area contributed by atoms with Crippen LogP contribution in [-0.2, 0) is 0 Å². The van der Waals surface area contributed by atoms with Crippen LogP contribution in [0.2, 0.25) is 0 Å². The molecule has 0 radical (unpaired) electrons. The number of carbonyl (C=O) groups is 1. The first-order valence-electron chi connectivity index (χ1n) is 5.56. The minimum absolute atomic E-state index is 0.130. The number of benzene rings is 1. The molecule has 0 saturated heterocycles. The largest absolute Gasteiger partial charge is 0.330 e. The van der Waals surface area contributed by atoms with Crippen LogP contribution in [0.15, 0.2) is 18.2 Å². The lowest BCUT2D eigenvalue weighted by atomic mass is 9.94. The van der Waals surface area contributed by atoms with Crippen molar-refractivity contribution in [3.8, 4) is 0 Å². The second-order valence-corrected chi connectivity index (χ2v) is 4.18. The van der Waals surface area contributed by atoms with Crippen LogP contribution in [0.25, 0.3) is 0 Å². The van der Waals surface area contributed by atoms with E-state index in [2.05, 4.69) is 0 Å². The van der Waals surface area contributed by atoms with Gasteiger partial charge in [0.05, 0.1) is 5.56 Å². The fourth-order valence-electron chi connectivity index (χ4n) is 1.65. The zero-order valence-electron chi connectivity index (χ0n) is 9.79. The van der Waals surface area contributed by atoms with Crippen molar-refractivity contribution in [3.63, 3.8) is 0 Å². The van der Waals surface area contributed by atoms with Crippen LogP contribution in [0.4, 0.5) is 4.39 Å². The Bertz CT molecular complexity index is 376. The SMILES string of the molecule is Cc1ccc(F)c(C(=O)C(C)CCCN)c1. The lowest BCUT2D eigenvalue weighted by Crippen LogP contribution is -2.14. The highest BCUT2D eigenvalue weighted by Crippen LogP contribution is 2.17. The average molecular weight is 223 g/mol. The summed E-state index contributed by atoms with van der Waals surface area (Å²) >= 11 is 0. The van der Waals surface area contributed by atoms with E-state index < -0.39 is 5.82 Å². The highest BCUT2D eigenvalue weighted by Gasteiger charge is 2.18. The summed E-state index contributed by atoms with van der Waals surface area (Å²) in [6.45, 7) is 4.23. The highest BCUT2D eigenvalue weighted by atomic mass is 19.1. The Morgan fingerprint density at radius 2 is 2.19 bits per heavy atom. The number of carbonyl (C=O) groups excluding carboxylic acids is 1. The van der Waals surface area contributed by atoms with E-state index in [9.17, 15) is 9.18 Å². The van der Waals surface area contributed by atoms with E-state index in [0.717, 1.165) is 12.0 Å². The number of nitrogens with two attached hydrogens (primary N) is 1. The Morgan fingerprint density at radius 3 is 2.81 bits per heavy atom. The standard InChI is InChI=1S/C13H18FNO/c1-9-5-6-12(14)11(8-9)13(16)10(2)4-3-7-15/h5-6,8,10H,3-4,7,15H2,1-2H3. The molecule has 0 fully saturated rings. The molecule has 1 aromatic carbocycles. The number of rotatable bonds is 5. The molecule has 88 valence electrons. The fourth-order valence-corrected chi connectivity index (χ4v) is 1.65. The first-order chi connectivity index (χ1) is 7.56. The molecule has 0 aliphatic carbocycles. The van der Waals surface area contributed by atoms with Crippen molar-refractivity contribution in [2.45, 2.75) is 26.7 Å². The van der Waals surface area contributed by atoms with Gasteiger partial charge in [0.15, 0.2) is 5.78 Å². The lowest BCUT2D eigenvalue weighted by molar-refractivity contribution is 0.0919. The number of hydrogen-bond acceptors (Lipinski definition) is 2. The third kappa shape index (κ3) is 3.14. The van der Waals surface area contributed by atoms with Crippen molar-refractivity contribution < 1.29 is 9.18 Å². The van der Waals surface area contributed by atoms with Gasteiger partial charge in [0.2, 0.25) is 0 Å². The van der Waals surface area contributed by atoms with E-state index in [0.29, 0.717) is 13.0 Å². The predicted molar refractivity (Wildman–Crippen MR) is 62.9 cm³/mol. The van der Waals surface area contributed by atoms with E-state index >= 15 is 0 Å². The molecular weight excluding hydrogens is 205 g/mol. The molecule has 0 aromatic heterocycles. The molecule has 0 spiro atoms. The summed E-state index contributed by atoms with van der Waals surface area (Å²) in [6, 6.07) is 4.62. The van der Waals surface area contributed by atoms with Crippen LogP contribution in [0.5, 0.6) is 0 Å². The van der Waals surface area contributed by atoms with Gasteiger partial charge in [-0.05, 0) is 38.4 Å². The minimum Gasteiger partial charge on any atom is -0.330 e. The zero-order valence-corrected chi connectivity index (χ0v) is 9.79. The van der Waals surface area contributed by atoms with E-state index in [1.54, 1.807) is 12.1 Å². The van der Waals surface area contributed by atoms with Crippen LogP contribution < -0.4 is 5.73 Å². The van der Waals surface area contributed by atoms with Gasteiger partial charge in [-0.25, -0.2) is 4.39 Å². The van der Waals surface area contributed by atoms with E-state index in [4.69, 9.17) is 5.73 Å². The highest BCUT2D eigenvalue weighted by molar-refractivity contribution is 5.98. The average Bonchev–Trinajstić information content (AvgIpc) is 2.28. The summed E-state index contributed by atoms with van der Waals surface area (Å²) < 4.78 is 13.5. The minimum atomic E-state index is -0.435. The van der Waals surface area contributed by atoms with Gasteiger partial charge in [-0.15, -0.1) is 0 Å². The number of Topliss-reactive ketones (excluding diaryl/α,β-unsaturated/α-hetero) is 1. The topological polar surface area (TPSA) is 43.1 Å². The van der Waals surface area contributed by atoms with Gasteiger partial charge in [-0.2, -0.15) is 0 Å². The molecule has 1 unspecified atom stereocenters. The summed E-state index contributed by atoms with van der Waals surface area (Å²) in [5.74, 6) is -0.732. The lowest BCUT2D eigenvalue weighted by Gasteiger charge is -2.10. The molecule has 0 amide bonds. The van der Waals surface area contributed by atoms with Crippen LogP contribution in [0.3, 0.4) is 0 Å². The Labute approximate surface area is 95.7 Å². The van der Waals surface area contributed by atoms with Gasteiger partial charge in [0, 0.05) is 5.92 Å². The number of halogens is 1. The second kappa shape index (κ2) is 5.75. The predicted octanol–water partition coefficient (Wildman–Crippen LogP) is 2.69. The molecule has 3 heteroatoms. The van der Waals surface area contributed by atoms with Crippen molar-refractivity contribution in [2.75, 3.05) is 6.54 Å². The fraction of sp³-hybridized carbons (Fsp3) is 0.462. The van der Waals surface area contributed by atoms with Crippen molar-refractivity contribution >= 4 is 5.78 Å². The number of aryl methyl sites for hydroxylation is 1. The summed E-state index contributed by atoms with van der Waals surface area (Å²) in [6.07, 6.45) is 1.50. The Morgan fingerprint density at radius 1 is 1.50 bits per heavy atom. The molecule has 0 aliphatic heterocycles. The Balaban J connectivity index is 2.83. The normalized spacial score (nSPS) is 12.5. The molecule has 1 rings (SSSR count). The maximum atomic E-state index is 13.5. The third-order valence-electron chi connectivity index (χ3n) is 2.68. The van der Waals surface area contributed by atoms with Gasteiger partial charge in [0.1, 0.15) is 5.82 Å². The van der Waals surface area contributed by atoms with Crippen LogP contribution in [0, 0.1) is 18.7 Å². The summed E-state index contributed by atoms with van der Waals surface area (Å²) in [5, 5.41) is 0. The smallest absolute Gasteiger partial charge is 0.168 e. The molecule has 2 nitrogen and oxygen atoms in total. The maximum absolute atomic E-state index is 13.5. The molecule has 2 N–H and O–H groups in total. The molecule has 0 aliphatic rings. The monoisotopic (exact) mass is 223 g/mol. The molecule has 1 atom stereocenters. The van der Waals surface area contributed by atoms with Crippen molar-refractivity contribution in [3.05, 3.63) is 35.1 Å². The molecule has 0 bridgehead atoms. The van der Waals surface area contributed by atoms with Crippen LogP contribution in [-0.4, -0.2) is 12.3 Å².